The molecule has 0 fully saturated rings. The lowest BCUT2D eigenvalue weighted by Crippen LogP contribution is -2.18. The molecule has 1 aliphatic rings. The molecule has 3 aromatic rings. The highest BCUT2D eigenvalue weighted by atomic mass is 16.2. The van der Waals surface area contributed by atoms with Crippen molar-refractivity contribution in [2.24, 2.45) is 0 Å². The van der Waals surface area contributed by atoms with Gasteiger partial charge < -0.3 is 15.5 Å². The molecule has 2 amide bonds. The lowest BCUT2D eigenvalue weighted by atomic mass is 10.1. The van der Waals surface area contributed by atoms with Crippen molar-refractivity contribution in [3.63, 3.8) is 0 Å². The van der Waals surface area contributed by atoms with Gasteiger partial charge in [-0.3, -0.25) is 9.59 Å². The number of carbonyl (C=O) groups is 2. The summed E-state index contributed by atoms with van der Waals surface area (Å²) in [5.41, 5.74) is 5.24. The van der Waals surface area contributed by atoms with Gasteiger partial charge in [-0.1, -0.05) is 18.2 Å². The van der Waals surface area contributed by atoms with Crippen LogP contribution in [0.2, 0.25) is 0 Å². The van der Waals surface area contributed by atoms with Crippen LogP contribution in [0.15, 0.2) is 48.5 Å². The molecule has 0 spiro atoms. The van der Waals surface area contributed by atoms with Crippen LogP contribution in [0.3, 0.4) is 0 Å². The molecule has 0 aliphatic carbocycles. The van der Waals surface area contributed by atoms with Crippen LogP contribution in [0, 0.1) is 13.8 Å². The quantitative estimate of drug-likeness (QED) is 0.718. The number of hydrogen-bond acceptors (Lipinski definition) is 4. The SMILES string of the molecule is Cc1nn(-c2ccccc2)c(C)c1NC(=O)c1ccc2c(c1)NC(=O)CCN2C. The summed E-state index contributed by atoms with van der Waals surface area (Å²) in [4.78, 5) is 26.9. The molecule has 2 aromatic carbocycles. The summed E-state index contributed by atoms with van der Waals surface area (Å²) in [6.07, 6.45) is 0.420. The largest absolute Gasteiger partial charge is 0.372 e. The topological polar surface area (TPSA) is 79.3 Å². The van der Waals surface area contributed by atoms with Gasteiger partial charge in [-0.2, -0.15) is 5.10 Å². The van der Waals surface area contributed by atoms with Gasteiger partial charge in [0.25, 0.3) is 5.91 Å². The first-order valence-electron chi connectivity index (χ1n) is 9.52. The van der Waals surface area contributed by atoms with E-state index in [9.17, 15) is 9.59 Å². The number of benzene rings is 2. The van der Waals surface area contributed by atoms with E-state index in [1.165, 1.54) is 0 Å². The molecule has 2 N–H and O–H groups in total. The molecule has 148 valence electrons. The van der Waals surface area contributed by atoms with Gasteiger partial charge in [0.15, 0.2) is 0 Å². The summed E-state index contributed by atoms with van der Waals surface area (Å²) in [6, 6.07) is 15.1. The van der Waals surface area contributed by atoms with Crippen molar-refractivity contribution in [2.45, 2.75) is 20.3 Å². The first kappa shape index (κ1) is 18.7. The van der Waals surface area contributed by atoms with Gasteiger partial charge in [-0.05, 0) is 44.2 Å². The summed E-state index contributed by atoms with van der Waals surface area (Å²) in [7, 11) is 1.93. The molecular weight excluding hydrogens is 366 g/mol. The Bertz CT molecular complexity index is 1090. The third kappa shape index (κ3) is 3.59. The molecule has 0 atom stereocenters. The van der Waals surface area contributed by atoms with Crippen LogP contribution in [0.1, 0.15) is 28.2 Å². The maximum Gasteiger partial charge on any atom is 0.255 e. The second-order valence-corrected chi connectivity index (χ2v) is 7.20. The number of nitrogens with one attached hydrogen (secondary N) is 2. The smallest absolute Gasteiger partial charge is 0.255 e. The van der Waals surface area contributed by atoms with Crippen molar-refractivity contribution in [2.75, 3.05) is 29.1 Å². The zero-order valence-corrected chi connectivity index (χ0v) is 16.7. The lowest BCUT2D eigenvalue weighted by molar-refractivity contribution is -0.115. The normalized spacial score (nSPS) is 13.5. The molecule has 0 unspecified atom stereocenters. The van der Waals surface area contributed by atoms with E-state index >= 15 is 0 Å². The van der Waals surface area contributed by atoms with Gasteiger partial charge >= 0.3 is 0 Å². The highest BCUT2D eigenvalue weighted by molar-refractivity contribution is 6.07. The predicted molar refractivity (Wildman–Crippen MR) is 114 cm³/mol. The zero-order chi connectivity index (χ0) is 20.5. The number of amides is 2. The van der Waals surface area contributed by atoms with Crippen LogP contribution in [0.25, 0.3) is 5.69 Å². The molecule has 0 saturated carbocycles. The van der Waals surface area contributed by atoms with Crippen LogP contribution >= 0.6 is 0 Å². The zero-order valence-electron chi connectivity index (χ0n) is 16.7. The molecule has 0 radical (unpaired) electrons. The first-order valence-corrected chi connectivity index (χ1v) is 9.52. The maximum atomic E-state index is 12.9. The van der Waals surface area contributed by atoms with Gasteiger partial charge in [-0.25, -0.2) is 4.68 Å². The molecule has 29 heavy (non-hydrogen) atoms. The maximum absolute atomic E-state index is 12.9. The van der Waals surface area contributed by atoms with E-state index in [-0.39, 0.29) is 11.8 Å². The number of aryl methyl sites for hydroxylation is 1. The summed E-state index contributed by atoms with van der Waals surface area (Å²) >= 11 is 0. The summed E-state index contributed by atoms with van der Waals surface area (Å²) in [6.45, 7) is 4.44. The number of carbonyl (C=O) groups excluding carboxylic acids is 2. The van der Waals surface area contributed by atoms with E-state index in [0.29, 0.717) is 29.9 Å². The van der Waals surface area contributed by atoms with Crippen LogP contribution in [-0.2, 0) is 4.79 Å². The molecule has 7 heteroatoms. The Morgan fingerprint density at radius 1 is 1.14 bits per heavy atom. The van der Waals surface area contributed by atoms with E-state index in [0.717, 1.165) is 22.8 Å². The van der Waals surface area contributed by atoms with E-state index in [2.05, 4.69) is 15.7 Å². The van der Waals surface area contributed by atoms with Gasteiger partial charge in [0.1, 0.15) is 0 Å². The summed E-state index contributed by atoms with van der Waals surface area (Å²) in [5, 5.41) is 10.4. The van der Waals surface area contributed by atoms with Crippen molar-refractivity contribution in [1.29, 1.82) is 0 Å². The number of fused-ring (bicyclic) bond motifs is 1. The van der Waals surface area contributed by atoms with E-state index in [1.807, 2.05) is 66.9 Å². The lowest BCUT2D eigenvalue weighted by Gasteiger charge is -2.18. The van der Waals surface area contributed by atoms with Crippen LogP contribution < -0.4 is 15.5 Å². The molecular formula is C22H23N5O2. The van der Waals surface area contributed by atoms with E-state index in [1.54, 1.807) is 12.1 Å². The third-order valence-electron chi connectivity index (χ3n) is 5.15. The number of aromatic nitrogens is 2. The average molecular weight is 389 g/mol. The monoisotopic (exact) mass is 389 g/mol. The Hall–Kier alpha value is -3.61. The number of anilines is 3. The van der Waals surface area contributed by atoms with Gasteiger partial charge in [0.05, 0.1) is 34.1 Å². The highest BCUT2D eigenvalue weighted by Gasteiger charge is 2.20. The number of rotatable bonds is 3. The minimum Gasteiger partial charge on any atom is -0.372 e. The fourth-order valence-corrected chi connectivity index (χ4v) is 3.54. The van der Waals surface area contributed by atoms with Crippen molar-refractivity contribution in [3.8, 4) is 5.69 Å². The third-order valence-corrected chi connectivity index (χ3v) is 5.15. The Morgan fingerprint density at radius 3 is 2.66 bits per heavy atom. The van der Waals surface area contributed by atoms with Crippen LogP contribution in [0.5, 0.6) is 0 Å². The second-order valence-electron chi connectivity index (χ2n) is 7.20. The molecule has 4 rings (SSSR count). The number of hydrogen-bond donors (Lipinski definition) is 2. The molecule has 0 bridgehead atoms. The number of nitrogens with zero attached hydrogens (tertiary/aromatic N) is 3. The second kappa shape index (κ2) is 7.43. The number of para-hydroxylation sites is 1. The molecule has 0 saturated heterocycles. The van der Waals surface area contributed by atoms with Crippen molar-refractivity contribution in [1.82, 2.24) is 9.78 Å². The summed E-state index contributed by atoms with van der Waals surface area (Å²) < 4.78 is 1.82. The Balaban J connectivity index is 1.62. The van der Waals surface area contributed by atoms with Crippen molar-refractivity contribution >= 4 is 28.9 Å². The molecule has 7 nitrogen and oxygen atoms in total. The fraction of sp³-hybridized carbons (Fsp3) is 0.227. The average Bonchev–Trinajstić information content (AvgIpc) is 2.91. The van der Waals surface area contributed by atoms with Gasteiger partial charge in [-0.15, -0.1) is 0 Å². The highest BCUT2D eigenvalue weighted by Crippen LogP contribution is 2.30. The fourth-order valence-electron chi connectivity index (χ4n) is 3.54. The van der Waals surface area contributed by atoms with E-state index < -0.39 is 0 Å². The molecule has 2 heterocycles. The first-order chi connectivity index (χ1) is 13.9. The molecule has 1 aliphatic heterocycles. The minimum absolute atomic E-state index is 0.0519. The van der Waals surface area contributed by atoms with Crippen LogP contribution in [0.4, 0.5) is 17.1 Å². The Labute approximate surface area is 169 Å². The molecule has 1 aromatic heterocycles. The van der Waals surface area contributed by atoms with E-state index in [4.69, 9.17) is 0 Å². The Kier molecular flexibility index (Phi) is 4.80. The summed E-state index contributed by atoms with van der Waals surface area (Å²) in [5.74, 6) is -0.295. The van der Waals surface area contributed by atoms with Crippen molar-refractivity contribution < 1.29 is 9.59 Å². The Morgan fingerprint density at radius 2 is 1.90 bits per heavy atom. The van der Waals surface area contributed by atoms with Gasteiger partial charge in [0, 0.05) is 25.6 Å². The predicted octanol–water partition coefficient (Wildman–Crippen LogP) is 3.52. The van der Waals surface area contributed by atoms with Crippen LogP contribution in [-0.4, -0.2) is 35.2 Å². The standard InChI is InChI=1S/C22H23N5O2/c1-14-21(15(2)27(25-14)17-7-5-4-6-8-17)24-22(29)16-9-10-19-18(13-16)23-20(28)11-12-26(19)3/h4-10,13H,11-12H2,1-3H3,(H,23,28)(H,24,29). The minimum atomic E-state index is -0.243. The van der Waals surface area contributed by atoms with Crippen molar-refractivity contribution in [3.05, 3.63) is 65.5 Å². The van der Waals surface area contributed by atoms with Gasteiger partial charge in [0.2, 0.25) is 5.91 Å².